The number of fused-ring (bicyclic) bond motifs is 9. The molecule has 1 unspecified atom stereocenters. The smallest absolute Gasteiger partial charge is 0.164 e. The molecule has 2 aromatic heterocycles. The lowest BCUT2D eigenvalue weighted by molar-refractivity contribution is -0.117. The zero-order valence-corrected chi connectivity index (χ0v) is 41.2. The van der Waals surface area contributed by atoms with Crippen LogP contribution in [0.1, 0.15) is 123 Å². The van der Waals surface area contributed by atoms with Crippen LogP contribution < -0.4 is 0 Å². The van der Waals surface area contributed by atoms with E-state index in [9.17, 15) is 0 Å². The molecule has 0 bridgehead atoms. The van der Waals surface area contributed by atoms with Gasteiger partial charge < -0.3 is 4.57 Å². The highest BCUT2D eigenvalue weighted by Crippen LogP contribution is 2.69. The van der Waals surface area contributed by atoms with Gasteiger partial charge in [0.1, 0.15) is 0 Å². The van der Waals surface area contributed by atoms with Crippen molar-refractivity contribution < 1.29 is 0 Å². The van der Waals surface area contributed by atoms with Crippen LogP contribution in [-0.4, -0.2) is 19.5 Å². The molecule has 0 radical (unpaired) electrons. The molecule has 4 aliphatic carbocycles. The summed E-state index contributed by atoms with van der Waals surface area (Å²) in [6.07, 6.45) is 17.1. The third-order valence-corrected chi connectivity index (χ3v) is 19.1. The van der Waals surface area contributed by atoms with E-state index in [-0.39, 0.29) is 0 Å². The fourth-order valence-electron chi connectivity index (χ4n) is 15.6. The van der Waals surface area contributed by atoms with Crippen molar-refractivity contribution in [2.75, 3.05) is 0 Å². The summed E-state index contributed by atoms with van der Waals surface area (Å²) in [5.74, 6) is 8.97. The highest BCUT2D eigenvalue weighted by atomic mass is 15.0. The van der Waals surface area contributed by atoms with E-state index in [0.29, 0.717) is 34.2 Å². The Kier molecular flexibility index (Phi) is 11.2. The lowest BCUT2D eigenvalue weighted by Gasteiger charge is -2.61. The number of aromatic nitrogens is 4. The summed E-state index contributed by atoms with van der Waals surface area (Å²) < 4.78 is 2.42. The van der Waals surface area contributed by atoms with Crippen LogP contribution >= 0.6 is 0 Å². The molecule has 0 saturated heterocycles. The summed E-state index contributed by atoms with van der Waals surface area (Å²) >= 11 is 0. The van der Waals surface area contributed by atoms with Crippen molar-refractivity contribution >= 4 is 32.6 Å². The largest absolute Gasteiger partial charge is 0.309 e. The maximum atomic E-state index is 5.33. The molecule has 4 nitrogen and oxygen atoms in total. The molecule has 4 fully saturated rings. The van der Waals surface area contributed by atoms with Crippen LogP contribution in [0.4, 0.5) is 0 Å². The molecule has 12 rings (SSSR count). The molecule has 2 heterocycles. The minimum Gasteiger partial charge on any atom is -0.309 e. The van der Waals surface area contributed by atoms with Crippen LogP contribution in [0.15, 0.2) is 140 Å². The molecule has 9 atom stereocenters. The lowest BCUT2D eigenvalue weighted by atomic mass is 9.43. The summed E-state index contributed by atoms with van der Waals surface area (Å²) in [5, 5.41) is 4.83. The number of para-hydroxylation sites is 2. The molecule has 6 aromatic carbocycles. The maximum absolute atomic E-state index is 5.33. The first-order valence-corrected chi connectivity index (χ1v) is 26.6. The topological polar surface area (TPSA) is 43.6 Å². The lowest BCUT2D eigenvalue weighted by Crippen LogP contribution is -2.53. The van der Waals surface area contributed by atoms with Crippen LogP contribution in [0.3, 0.4) is 0 Å². The summed E-state index contributed by atoms with van der Waals surface area (Å²) in [6.45, 7) is 12.9. The van der Waals surface area contributed by atoms with Crippen molar-refractivity contribution in [2.24, 2.45) is 52.3 Å². The molecular weight excluding hydrogens is 825 g/mol. The Morgan fingerprint density at radius 2 is 1.15 bits per heavy atom. The normalized spacial score (nSPS) is 27.3. The Bertz CT molecular complexity index is 3060. The first-order valence-electron chi connectivity index (χ1n) is 26.6. The summed E-state index contributed by atoms with van der Waals surface area (Å²) in [4.78, 5) is 15.8. The zero-order chi connectivity index (χ0) is 46.1. The van der Waals surface area contributed by atoms with Crippen molar-refractivity contribution in [3.05, 3.63) is 145 Å². The van der Waals surface area contributed by atoms with E-state index in [1.54, 1.807) is 0 Å². The maximum Gasteiger partial charge on any atom is 0.164 e. The second kappa shape index (κ2) is 17.4. The Hall–Kier alpha value is -5.61. The zero-order valence-electron chi connectivity index (χ0n) is 41.2. The van der Waals surface area contributed by atoms with Crippen LogP contribution in [0.25, 0.3) is 72.4 Å². The van der Waals surface area contributed by atoms with Gasteiger partial charge in [0.15, 0.2) is 17.5 Å². The Balaban J connectivity index is 0.828. The van der Waals surface area contributed by atoms with E-state index >= 15 is 0 Å². The first kappa shape index (κ1) is 43.7. The molecule has 68 heavy (non-hydrogen) atoms. The minimum absolute atomic E-state index is 0.487. The average Bonchev–Trinajstić information content (AvgIpc) is 3.91. The third kappa shape index (κ3) is 7.42. The average molecular weight is 895 g/mol. The van der Waals surface area contributed by atoms with Crippen molar-refractivity contribution in [1.82, 2.24) is 19.5 Å². The van der Waals surface area contributed by atoms with Gasteiger partial charge in [-0.3, -0.25) is 0 Å². The van der Waals surface area contributed by atoms with E-state index in [1.807, 2.05) is 0 Å². The predicted octanol–water partition coefficient (Wildman–Crippen LogP) is 17.3. The Morgan fingerprint density at radius 3 is 1.85 bits per heavy atom. The van der Waals surface area contributed by atoms with Crippen molar-refractivity contribution in [3.8, 4) is 39.9 Å². The van der Waals surface area contributed by atoms with Gasteiger partial charge in [0.25, 0.3) is 0 Å². The Morgan fingerprint density at radius 1 is 0.544 bits per heavy atom. The van der Waals surface area contributed by atoms with Crippen molar-refractivity contribution in [3.63, 3.8) is 0 Å². The Labute approximate surface area is 405 Å². The fraction of sp³-hybridized carbons (Fsp3) is 0.422. The van der Waals surface area contributed by atoms with E-state index in [2.05, 4.69) is 179 Å². The minimum atomic E-state index is 0.487. The van der Waals surface area contributed by atoms with Crippen LogP contribution in [0, 0.1) is 52.3 Å². The standard InChI is InChI=1S/C64H70N4/c1-41(2)16-15-17-42(3)54-32-33-55-53-31-30-49-39-46(34-36-63(49,4)56(53)35-37-64(54,55)5)43-26-28-45(29-27-43)61-65-60(44-18-7-6-8-19-44)66-62(67-61)48-38-47-20-9-10-21-50(47)59(40-48)68-57-24-13-11-22-51(57)52-23-12-14-25-58(52)68/h6-14,18-29,38,40-42,46,49,53-56H,15-17,30-37,39H2,1-5H3/t42-,46?,49+,53+,54-,55+,56+,63+,64-/m1/s1. The highest BCUT2D eigenvalue weighted by molar-refractivity contribution is 6.10. The van der Waals surface area contributed by atoms with E-state index in [0.717, 1.165) is 69.2 Å². The van der Waals surface area contributed by atoms with E-state index in [1.165, 1.54) is 110 Å². The SMILES string of the molecule is CC(C)CCC[C@@H](C)[C@H]1CC[C@H]2[C@@H]3CC[C@H]4CC(c5ccc(-c6nc(-c7ccccc7)nc(-c7cc(-n8c9ccccc9c9ccccc98)c8ccccc8c7)n6)cc5)CC[C@]4(C)[C@H]3CC[C@]12C. The van der Waals surface area contributed by atoms with Gasteiger partial charge in [0.2, 0.25) is 0 Å². The number of nitrogens with zero attached hydrogens (tertiary/aromatic N) is 4. The third-order valence-electron chi connectivity index (χ3n) is 19.1. The molecule has 0 spiro atoms. The summed E-state index contributed by atoms with van der Waals surface area (Å²) in [7, 11) is 0. The molecule has 0 aliphatic heterocycles. The number of hydrogen-bond acceptors (Lipinski definition) is 3. The van der Waals surface area contributed by atoms with Gasteiger partial charge >= 0.3 is 0 Å². The van der Waals surface area contributed by atoms with Gasteiger partial charge in [-0.05, 0) is 151 Å². The fourth-order valence-corrected chi connectivity index (χ4v) is 15.6. The molecule has 346 valence electrons. The van der Waals surface area contributed by atoms with Crippen LogP contribution in [0.5, 0.6) is 0 Å². The van der Waals surface area contributed by atoms with Gasteiger partial charge in [-0.25, -0.2) is 15.0 Å². The number of hydrogen-bond donors (Lipinski definition) is 0. The van der Waals surface area contributed by atoms with Gasteiger partial charge in [-0.2, -0.15) is 0 Å². The predicted molar refractivity (Wildman–Crippen MR) is 284 cm³/mol. The van der Waals surface area contributed by atoms with Crippen LogP contribution in [-0.2, 0) is 0 Å². The summed E-state index contributed by atoms with van der Waals surface area (Å²) in [6, 6.07) is 50.5. The number of rotatable bonds is 10. The molecule has 4 aliphatic rings. The van der Waals surface area contributed by atoms with Crippen molar-refractivity contribution in [2.45, 2.75) is 118 Å². The van der Waals surface area contributed by atoms with Crippen LogP contribution in [0.2, 0.25) is 0 Å². The second-order valence-corrected chi connectivity index (χ2v) is 23.0. The summed E-state index contributed by atoms with van der Waals surface area (Å²) in [5.41, 5.74) is 9.02. The van der Waals surface area contributed by atoms with Gasteiger partial charge in [0.05, 0.1) is 16.7 Å². The quantitative estimate of drug-likeness (QED) is 0.137. The highest BCUT2D eigenvalue weighted by Gasteiger charge is 2.60. The van der Waals surface area contributed by atoms with E-state index in [4.69, 9.17) is 15.0 Å². The van der Waals surface area contributed by atoms with E-state index < -0.39 is 0 Å². The molecule has 8 aromatic rings. The second-order valence-electron chi connectivity index (χ2n) is 23.0. The van der Waals surface area contributed by atoms with Gasteiger partial charge in [-0.1, -0.05) is 169 Å². The molecule has 0 amide bonds. The molecule has 4 saturated carbocycles. The molecule has 4 heteroatoms. The van der Waals surface area contributed by atoms with Gasteiger partial charge in [0, 0.05) is 32.8 Å². The first-order chi connectivity index (χ1) is 33.2. The molecular formula is C64H70N4. The monoisotopic (exact) mass is 895 g/mol. The van der Waals surface area contributed by atoms with Crippen molar-refractivity contribution in [1.29, 1.82) is 0 Å². The number of benzene rings is 6. The molecule has 0 N–H and O–H groups in total. The van der Waals surface area contributed by atoms with Gasteiger partial charge in [-0.15, -0.1) is 0 Å².